The highest BCUT2D eigenvalue weighted by atomic mass is 33.1. The van der Waals surface area contributed by atoms with E-state index in [2.05, 4.69) is 44.5 Å². The zero-order valence-corrected chi connectivity index (χ0v) is 13.3. The van der Waals surface area contributed by atoms with E-state index in [0.717, 1.165) is 0 Å². The Hall–Kier alpha value is 0.260. The van der Waals surface area contributed by atoms with Crippen molar-refractivity contribution in [1.29, 1.82) is 0 Å². The van der Waals surface area contributed by atoms with E-state index in [1.165, 1.54) is 35.8 Å². The summed E-state index contributed by atoms with van der Waals surface area (Å²) in [5, 5.41) is 0. The molecule has 0 aliphatic heterocycles. The number of carbonyl (C=O) groups is 2. The predicted octanol–water partition coefficient (Wildman–Crippen LogP) is 0.320. The number of esters is 2. The van der Waals surface area contributed by atoms with Gasteiger partial charge in [0.2, 0.25) is 0 Å². The zero-order valence-electron chi connectivity index (χ0n) is 9.91. The third kappa shape index (κ3) is 7.00. The summed E-state index contributed by atoms with van der Waals surface area (Å²) in [5.74, 6) is 0.188. The lowest BCUT2D eigenvalue weighted by Gasteiger charge is -2.14. The fraction of sp³-hybridized carbons (Fsp3) is 0.750. The van der Waals surface area contributed by atoms with Crippen LogP contribution in [0.4, 0.5) is 0 Å². The number of hydrogen-bond acceptors (Lipinski definition) is 10. The van der Waals surface area contributed by atoms with E-state index in [1.54, 1.807) is 0 Å². The predicted molar refractivity (Wildman–Crippen MR) is 80.8 cm³/mol. The van der Waals surface area contributed by atoms with Gasteiger partial charge in [0.05, 0.1) is 14.2 Å². The van der Waals surface area contributed by atoms with E-state index in [4.69, 9.17) is 0 Å². The van der Waals surface area contributed by atoms with Crippen molar-refractivity contribution in [3.63, 3.8) is 0 Å². The SMILES string of the molecule is COC(=O)C(CSSCC(NS)C(=O)OC)NS. The molecule has 0 amide bonds. The van der Waals surface area contributed by atoms with Gasteiger partial charge in [-0.2, -0.15) is 0 Å². The number of hydrogen-bond donors (Lipinski definition) is 4. The molecule has 2 atom stereocenters. The van der Waals surface area contributed by atoms with Crippen LogP contribution in [0.5, 0.6) is 0 Å². The Balaban J connectivity index is 3.89. The van der Waals surface area contributed by atoms with Gasteiger partial charge in [-0.1, -0.05) is 47.2 Å². The van der Waals surface area contributed by atoms with Crippen LogP contribution in [-0.4, -0.2) is 49.7 Å². The molecule has 10 heteroatoms. The van der Waals surface area contributed by atoms with Gasteiger partial charge in [-0.05, 0) is 0 Å². The lowest BCUT2D eigenvalue weighted by Crippen LogP contribution is -2.35. The average Bonchev–Trinajstić information content (AvgIpc) is 2.41. The van der Waals surface area contributed by atoms with Crippen LogP contribution in [0.1, 0.15) is 0 Å². The molecule has 0 aromatic rings. The number of methoxy groups -OCH3 is 2. The molecule has 0 bridgehead atoms. The maximum absolute atomic E-state index is 11.2. The molecule has 0 rings (SSSR count). The zero-order chi connectivity index (χ0) is 14.0. The van der Waals surface area contributed by atoms with Gasteiger partial charge >= 0.3 is 11.9 Å². The lowest BCUT2D eigenvalue weighted by molar-refractivity contribution is -0.142. The van der Waals surface area contributed by atoms with Crippen LogP contribution in [0.2, 0.25) is 0 Å². The van der Waals surface area contributed by atoms with Crippen molar-refractivity contribution < 1.29 is 19.1 Å². The van der Waals surface area contributed by atoms with E-state index in [1.807, 2.05) is 0 Å². The quantitative estimate of drug-likeness (QED) is 0.208. The second-order valence-electron chi connectivity index (χ2n) is 2.98. The van der Waals surface area contributed by atoms with Crippen LogP contribution in [0.15, 0.2) is 0 Å². The Labute approximate surface area is 125 Å². The van der Waals surface area contributed by atoms with Gasteiger partial charge in [0.15, 0.2) is 0 Å². The minimum atomic E-state index is -0.489. The molecule has 0 radical (unpaired) electrons. The van der Waals surface area contributed by atoms with Gasteiger partial charge in [-0.15, -0.1) is 0 Å². The number of rotatable bonds is 9. The molecule has 18 heavy (non-hydrogen) atoms. The largest absolute Gasteiger partial charge is 0.468 e. The first-order chi connectivity index (χ1) is 8.60. The van der Waals surface area contributed by atoms with Crippen molar-refractivity contribution in [1.82, 2.24) is 9.44 Å². The maximum Gasteiger partial charge on any atom is 0.324 e. The van der Waals surface area contributed by atoms with Gasteiger partial charge in [0.1, 0.15) is 12.1 Å². The van der Waals surface area contributed by atoms with Crippen LogP contribution < -0.4 is 9.44 Å². The van der Waals surface area contributed by atoms with Gasteiger partial charge in [0, 0.05) is 11.5 Å². The van der Waals surface area contributed by atoms with Crippen LogP contribution in [0.3, 0.4) is 0 Å². The van der Waals surface area contributed by atoms with Crippen LogP contribution in [0.25, 0.3) is 0 Å². The van der Waals surface area contributed by atoms with Crippen molar-refractivity contribution in [2.24, 2.45) is 0 Å². The van der Waals surface area contributed by atoms with Crippen molar-refractivity contribution in [2.45, 2.75) is 12.1 Å². The summed E-state index contributed by atoms with van der Waals surface area (Å²) < 4.78 is 14.3. The van der Waals surface area contributed by atoms with E-state index < -0.39 is 12.1 Å². The smallest absolute Gasteiger partial charge is 0.324 e. The van der Waals surface area contributed by atoms with Crippen molar-refractivity contribution >= 4 is 59.2 Å². The second-order valence-corrected chi connectivity index (χ2v) is 6.05. The molecule has 0 saturated carbocycles. The highest BCUT2D eigenvalue weighted by molar-refractivity contribution is 8.76. The summed E-state index contributed by atoms with van der Waals surface area (Å²) >= 11 is 7.69. The van der Waals surface area contributed by atoms with E-state index >= 15 is 0 Å². The molecule has 2 N–H and O–H groups in total. The lowest BCUT2D eigenvalue weighted by atomic mass is 10.4. The first kappa shape index (κ1) is 18.3. The summed E-state index contributed by atoms with van der Waals surface area (Å²) in [7, 11) is 5.48. The van der Waals surface area contributed by atoms with Crippen molar-refractivity contribution in [3.8, 4) is 0 Å². The summed E-state index contributed by atoms with van der Waals surface area (Å²) in [4.78, 5) is 22.5. The van der Waals surface area contributed by atoms with Crippen molar-refractivity contribution in [3.05, 3.63) is 0 Å². The van der Waals surface area contributed by atoms with Crippen LogP contribution in [-0.2, 0) is 19.1 Å². The summed E-state index contributed by atoms with van der Waals surface area (Å²) in [6.07, 6.45) is 0. The summed E-state index contributed by atoms with van der Waals surface area (Å²) in [6, 6.07) is -0.979. The normalized spacial score (nSPS) is 13.8. The minimum absolute atomic E-state index is 0.380. The first-order valence-electron chi connectivity index (χ1n) is 4.80. The molecule has 0 aromatic heterocycles. The van der Waals surface area contributed by atoms with Gasteiger partial charge in [0.25, 0.3) is 0 Å². The van der Waals surface area contributed by atoms with Gasteiger partial charge in [-0.25, -0.2) is 0 Å². The van der Waals surface area contributed by atoms with Crippen molar-refractivity contribution in [2.75, 3.05) is 25.7 Å². The maximum atomic E-state index is 11.2. The molecule has 106 valence electrons. The van der Waals surface area contributed by atoms with Crippen LogP contribution in [0, 0.1) is 0 Å². The monoisotopic (exact) mass is 332 g/mol. The van der Waals surface area contributed by atoms with E-state index in [9.17, 15) is 9.59 Å². The molecule has 0 spiro atoms. The highest BCUT2D eigenvalue weighted by Gasteiger charge is 2.20. The van der Waals surface area contributed by atoms with Crippen LogP contribution >= 0.6 is 47.2 Å². The Morgan fingerprint density at radius 2 is 1.33 bits per heavy atom. The molecule has 0 fully saturated rings. The number of ether oxygens (including phenoxy) is 2. The third-order valence-corrected chi connectivity index (χ3v) is 4.88. The molecule has 0 saturated heterocycles. The number of thiol groups is 2. The highest BCUT2D eigenvalue weighted by Crippen LogP contribution is 2.23. The summed E-state index contributed by atoms with van der Waals surface area (Å²) in [6.45, 7) is 0. The van der Waals surface area contributed by atoms with Gasteiger partial charge in [-0.3, -0.25) is 19.0 Å². The fourth-order valence-corrected chi connectivity index (χ4v) is 3.77. The second kappa shape index (κ2) is 11.1. The molecule has 0 heterocycles. The molecular weight excluding hydrogens is 316 g/mol. The molecule has 0 aliphatic rings. The minimum Gasteiger partial charge on any atom is -0.468 e. The Morgan fingerprint density at radius 1 is 1.00 bits per heavy atom. The Bertz CT molecular complexity index is 243. The molecular formula is C8H16N2O4S4. The molecule has 6 nitrogen and oxygen atoms in total. The number of carbonyl (C=O) groups excluding carboxylic acids is 2. The average molecular weight is 332 g/mol. The Morgan fingerprint density at radius 3 is 1.56 bits per heavy atom. The fourth-order valence-electron chi connectivity index (χ4n) is 0.833. The topological polar surface area (TPSA) is 76.7 Å². The van der Waals surface area contributed by atoms with Gasteiger partial charge < -0.3 is 9.47 Å². The van der Waals surface area contributed by atoms with E-state index in [-0.39, 0.29) is 11.9 Å². The number of nitrogens with one attached hydrogen (secondary N) is 2. The molecule has 2 unspecified atom stereocenters. The summed E-state index contributed by atoms with van der Waals surface area (Å²) in [5.41, 5.74) is 0. The Kier molecular flexibility index (Phi) is 11.3. The first-order valence-corrected chi connectivity index (χ1v) is 8.18. The standard InChI is InChI=1S/C8H16N2O4S4/c1-13-7(11)5(9-15)3-17-18-4-6(10-16)8(12)14-2/h5-6,9-10,15-16H,3-4H2,1-2H3. The molecule has 0 aromatic carbocycles. The third-order valence-electron chi connectivity index (χ3n) is 1.84. The van der Waals surface area contributed by atoms with E-state index in [0.29, 0.717) is 11.5 Å². The molecule has 0 aliphatic carbocycles.